The second-order valence-corrected chi connectivity index (χ2v) is 8.33. The van der Waals surface area contributed by atoms with E-state index in [1.54, 1.807) is 19.2 Å². The predicted molar refractivity (Wildman–Crippen MR) is 95.2 cm³/mol. The molecule has 1 aromatic heterocycles. The molecule has 3 rings (SSSR count). The van der Waals surface area contributed by atoms with Crippen molar-refractivity contribution in [1.82, 2.24) is 14.6 Å². The number of sulfonamides is 1. The number of hydrogen-bond acceptors (Lipinski definition) is 7. The van der Waals surface area contributed by atoms with Crippen LogP contribution in [0.2, 0.25) is 0 Å². The second kappa shape index (κ2) is 8.24. The van der Waals surface area contributed by atoms with Gasteiger partial charge in [0.2, 0.25) is 10.0 Å². The fourth-order valence-electron chi connectivity index (χ4n) is 2.49. The Morgan fingerprint density at radius 3 is 2.68 bits per heavy atom. The Hall–Kier alpha value is -1.52. The Labute approximate surface area is 151 Å². The zero-order valence-corrected chi connectivity index (χ0v) is 15.6. The van der Waals surface area contributed by atoms with Gasteiger partial charge in [-0.1, -0.05) is 0 Å². The van der Waals surface area contributed by atoms with Crippen LogP contribution in [0.15, 0.2) is 34.5 Å². The minimum Gasteiger partial charge on any atom is -0.497 e. The van der Waals surface area contributed by atoms with Gasteiger partial charge in [-0.25, -0.2) is 18.1 Å². The molecule has 0 unspecified atom stereocenters. The molecule has 1 aliphatic rings. The number of thiazole rings is 1. The molecule has 136 valence electrons. The molecular formula is C16H21N3O4S2. The normalized spacial score (nSPS) is 16.0. The Bertz CT molecular complexity index is 784. The zero-order chi connectivity index (χ0) is 17.7. The number of ether oxygens (including phenoxy) is 2. The van der Waals surface area contributed by atoms with Gasteiger partial charge >= 0.3 is 0 Å². The van der Waals surface area contributed by atoms with Crippen LogP contribution in [-0.2, 0) is 27.8 Å². The lowest BCUT2D eigenvalue weighted by atomic mass is 10.3. The van der Waals surface area contributed by atoms with Gasteiger partial charge in [0.15, 0.2) is 0 Å². The largest absolute Gasteiger partial charge is 0.497 e. The van der Waals surface area contributed by atoms with Crippen LogP contribution in [0.4, 0.5) is 0 Å². The van der Waals surface area contributed by atoms with Crippen LogP contribution >= 0.6 is 11.3 Å². The Morgan fingerprint density at radius 2 is 2.00 bits per heavy atom. The van der Waals surface area contributed by atoms with Gasteiger partial charge in [-0.15, -0.1) is 11.3 Å². The molecule has 1 saturated heterocycles. The Balaban J connectivity index is 1.57. The summed E-state index contributed by atoms with van der Waals surface area (Å²) in [6.45, 7) is 4.25. The van der Waals surface area contributed by atoms with Crippen LogP contribution in [0.5, 0.6) is 5.75 Å². The van der Waals surface area contributed by atoms with Gasteiger partial charge in [-0.3, -0.25) is 4.90 Å². The standard InChI is InChI=1S/C16H21N3O4S2/c1-22-14-2-4-15(5-3-14)25(20,21)17-10-16-18-13(12-24-16)11-19-6-8-23-9-7-19/h2-5,12,17H,6-11H2,1H3. The van der Waals surface area contributed by atoms with Gasteiger partial charge in [-0.2, -0.15) is 0 Å². The predicted octanol–water partition coefficient (Wildman–Crippen LogP) is 1.46. The molecule has 7 nitrogen and oxygen atoms in total. The summed E-state index contributed by atoms with van der Waals surface area (Å²) in [4.78, 5) is 7.01. The van der Waals surface area contributed by atoms with Crippen molar-refractivity contribution in [2.24, 2.45) is 0 Å². The molecule has 9 heteroatoms. The average Bonchev–Trinajstić information content (AvgIpc) is 3.08. The molecule has 25 heavy (non-hydrogen) atoms. The van der Waals surface area contributed by atoms with Crippen LogP contribution in [0.25, 0.3) is 0 Å². The molecule has 0 bridgehead atoms. The van der Waals surface area contributed by atoms with E-state index in [1.807, 2.05) is 5.38 Å². The first-order chi connectivity index (χ1) is 12.1. The van der Waals surface area contributed by atoms with Crippen LogP contribution in [0.3, 0.4) is 0 Å². The summed E-state index contributed by atoms with van der Waals surface area (Å²) < 4.78 is 37.6. The molecule has 0 spiro atoms. The fourth-order valence-corrected chi connectivity index (χ4v) is 4.29. The maximum Gasteiger partial charge on any atom is 0.240 e. The number of nitrogens with zero attached hydrogens (tertiary/aromatic N) is 2. The maximum absolute atomic E-state index is 12.3. The Kier molecular flexibility index (Phi) is 6.02. The smallest absolute Gasteiger partial charge is 0.240 e. The highest BCUT2D eigenvalue weighted by Crippen LogP contribution is 2.17. The Morgan fingerprint density at radius 1 is 1.28 bits per heavy atom. The quantitative estimate of drug-likeness (QED) is 0.780. The summed E-state index contributed by atoms with van der Waals surface area (Å²) in [5.74, 6) is 0.617. The highest BCUT2D eigenvalue weighted by atomic mass is 32.2. The van der Waals surface area contributed by atoms with E-state index in [1.165, 1.54) is 23.5 Å². The van der Waals surface area contributed by atoms with Gasteiger partial charge in [0.1, 0.15) is 10.8 Å². The van der Waals surface area contributed by atoms with E-state index >= 15 is 0 Å². The lowest BCUT2D eigenvalue weighted by molar-refractivity contribution is 0.0337. The molecule has 1 aromatic carbocycles. The van der Waals surface area contributed by atoms with Crippen molar-refractivity contribution in [1.29, 1.82) is 0 Å². The number of aromatic nitrogens is 1. The number of hydrogen-bond donors (Lipinski definition) is 1. The SMILES string of the molecule is COc1ccc(S(=O)(=O)NCc2nc(CN3CCOCC3)cs2)cc1. The zero-order valence-electron chi connectivity index (χ0n) is 14.0. The van der Waals surface area contributed by atoms with Crippen molar-refractivity contribution in [3.8, 4) is 5.75 Å². The van der Waals surface area contributed by atoms with Crippen molar-refractivity contribution >= 4 is 21.4 Å². The first-order valence-corrected chi connectivity index (χ1v) is 10.3. The van der Waals surface area contributed by atoms with Crippen LogP contribution in [0, 0.1) is 0 Å². The van der Waals surface area contributed by atoms with E-state index in [9.17, 15) is 8.42 Å². The van der Waals surface area contributed by atoms with Crippen molar-refractivity contribution in [2.75, 3.05) is 33.4 Å². The summed E-state index contributed by atoms with van der Waals surface area (Å²) in [6, 6.07) is 6.29. The molecule has 1 N–H and O–H groups in total. The van der Waals surface area contributed by atoms with Crippen molar-refractivity contribution < 1.29 is 17.9 Å². The number of benzene rings is 1. The highest BCUT2D eigenvalue weighted by molar-refractivity contribution is 7.89. The van der Waals surface area contributed by atoms with Gasteiger partial charge < -0.3 is 9.47 Å². The third-order valence-corrected chi connectivity index (χ3v) is 6.19. The van der Waals surface area contributed by atoms with Crippen molar-refractivity contribution in [3.05, 3.63) is 40.3 Å². The number of rotatable bonds is 7. The average molecular weight is 383 g/mol. The molecule has 2 aromatic rings. The van der Waals surface area contributed by atoms with Crippen molar-refractivity contribution in [2.45, 2.75) is 18.0 Å². The van der Waals surface area contributed by atoms with Crippen LogP contribution < -0.4 is 9.46 Å². The summed E-state index contributed by atoms with van der Waals surface area (Å²) in [7, 11) is -2.03. The van der Waals surface area contributed by atoms with Crippen LogP contribution in [0.1, 0.15) is 10.7 Å². The topological polar surface area (TPSA) is 80.8 Å². The van der Waals surface area contributed by atoms with Gasteiger partial charge in [-0.05, 0) is 24.3 Å². The summed E-state index contributed by atoms with van der Waals surface area (Å²) >= 11 is 1.46. The molecule has 1 fully saturated rings. The second-order valence-electron chi connectivity index (χ2n) is 5.62. The molecule has 0 amide bonds. The lowest BCUT2D eigenvalue weighted by Crippen LogP contribution is -2.35. The molecule has 0 atom stereocenters. The van der Waals surface area contributed by atoms with Gasteiger partial charge in [0.05, 0.1) is 37.5 Å². The molecule has 0 aliphatic carbocycles. The van der Waals surface area contributed by atoms with Gasteiger partial charge in [0.25, 0.3) is 0 Å². The minimum absolute atomic E-state index is 0.183. The lowest BCUT2D eigenvalue weighted by Gasteiger charge is -2.25. The summed E-state index contributed by atoms with van der Waals surface area (Å²) in [6.07, 6.45) is 0. The summed E-state index contributed by atoms with van der Waals surface area (Å²) in [5, 5.41) is 2.73. The molecule has 1 aliphatic heterocycles. The van der Waals surface area contributed by atoms with E-state index in [4.69, 9.17) is 9.47 Å². The number of nitrogens with one attached hydrogen (secondary N) is 1. The first kappa shape index (κ1) is 18.3. The maximum atomic E-state index is 12.3. The minimum atomic E-state index is -3.57. The van der Waals surface area contributed by atoms with Gasteiger partial charge in [0, 0.05) is 25.0 Å². The molecule has 2 heterocycles. The van der Waals surface area contributed by atoms with Crippen LogP contribution in [-0.4, -0.2) is 51.7 Å². The summed E-state index contributed by atoms with van der Waals surface area (Å²) in [5.41, 5.74) is 0.963. The van der Waals surface area contributed by atoms with E-state index in [0.717, 1.165) is 43.5 Å². The van der Waals surface area contributed by atoms with E-state index in [0.29, 0.717) is 5.75 Å². The number of methoxy groups -OCH3 is 1. The highest BCUT2D eigenvalue weighted by Gasteiger charge is 2.16. The number of morpholine rings is 1. The van der Waals surface area contributed by atoms with E-state index in [2.05, 4.69) is 14.6 Å². The van der Waals surface area contributed by atoms with E-state index in [-0.39, 0.29) is 11.4 Å². The van der Waals surface area contributed by atoms with E-state index < -0.39 is 10.0 Å². The van der Waals surface area contributed by atoms with Crippen molar-refractivity contribution in [3.63, 3.8) is 0 Å². The molecule has 0 saturated carbocycles. The third kappa shape index (κ3) is 4.99. The molecule has 0 radical (unpaired) electrons. The fraction of sp³-hybridized carbons (Fsp3) is 0.438. The first-order valence-electron chi connectivity index (χ1n) is 7.94. The molecular weight excluding hydrogens is 362 g/mol. The third-order valence-electron chi connectivity index (χ3n) is 3.87. The monoisotopic (exact) mass is 383 g/mol.